The average Bonchev–Trinajstić information content (AvgIpc) is 2.77. The number of nitrogens with zero attached hydrogens (tertiary/aromatic N) is 1. The third kappa shape index (κ3) is 3.09. The summed E-state index contributed by atoms with van der Waals surface area (Å²) in [5.41, 5.74) is 10.3. The molecule has 96 valence electrons. The fourth-order valence-corrected chi connectivity index (χ4v) is 2.64. The number of nitrogen functional groups attached to an aromatic ring is 1. The summed E-state index contributed by atoms with van der Waals surface area (Å²) in [6, 6.07) is 6.38. The Kier molecular flexibility index (Phi) is 3.99. The van der Waals surface area contributed by atoms with Crippen LogP contribution in [0.1, 0.15) is 34.8 Å². The van der Waals surface area contributed by atoms with Crippen molar-refractivity contribution in [2.45, 2.75) is 33.4 Å². The summed E-state index contributed by atoms with van der Waals surface area (Å²) >= 11 is 1.70. The maximum absolute atomic E-state index is 5.97. The summed E-state index contributed by atoms with van der Waals surface area (Å²) in [7, 11) is 0. The van der Waals surface area contributed by atoms with Crippen LogP contribution in [0, 0.1) is 13.8 Å². The number of nitrogens with two attached hydrogens (primary N) is 1. The van der Waals surface area contributed by atoms with Crippen LogP contribution in [0.15, 0.2) is 23.6 Å². The van der Waals surface area contributed by atoms with Crippen molar-refractivity contribution in [2.75, 3.05) is 5.73 Å². The second-order valence-electron chi connectivity index (χ2n) is 4.63. The molecule has 0 radical (unpaired) electrons. The van der Waals surface area contributed by atoms with Gasteiger partial charge in [0.1, 0.15) is 5.01 Å². The van der Waals surface area contributed by atoms with Gasteiger partial charge in [-0.05, 0) is 32.4 Å². The first-order valence-corrected chi connectivity index (χ1v) is 6.94. The Morgan fingerprint density at radius 1 is 1.39 bits per heavy atom. The van der Waals surface area contributed by atoms with E-state index in [4.69, 9.17) is 5.73 Å². The number of hydrogen-bond acceptors (Lipinski definition) is 4. The van der Waals surface area contributed by atoms with Crippen LogP contribution in [-0.4, -0.2) is 4.98 Å². The molecule has 1 heterocycles. The highest BCUT2D eigenvalue weighted by Crippen LogP contribution is 2.19. The van der Waals surface area contributed by atoms with Gasteiger partial charge < -0.3 is 11.1 Å². The van der Waals surface area contributed by atoms with Crippen LogP contribution in [0.3, 0.4) is 0 Å². The van der Waals surface area contributed by atoms with E-state index in [9.17, 15) is 0 Å². The zero-order valence-electron chi connectivity index (χ0n) is 11.0. The number of nitrogens with one attached hydrogen (secondary N) is 1. The minimum Gasteiger partial charge on any atom is -0.398 e. The molecule has 0 spiro atoms. The van der Waals surface area contributed by atoms with Gasteiger partial charge in [-0.2, -0.15) is 0 Å². The molecule has 2 aromatic rings. The van der Waals surface area contributed by atoms with E-state index in [1.165, 1.54) is 5.56 Å². The van der Waals surface area contributed by atoms with Crippen LogP contribution >= 0.6 is 11.3 Å². The summed E-state index contributed by atoms with van der Waals surface area (Å²) in [5.74, 6) is 0. The molecule has 3 N–H and O–H groups in total. The first-order valence-electron chi connectivity index (χ1n) is 6.06. The Hall–Kier alpha value is -1.39. The highest BCUT2D eigenvalue weighted by molar-refractivity contribution is 7.09. The standard InChI is InChI=1S/C14H19N3S/c1-9-4-5-13(15)12(6-9)7-16-11(3)14-17-10(2)8-18-14/h4-6,8,11,16H,7,15H2,1-3H3. The van der Waals surface area contributed by atoms with Crippen molar-refractivity contribution >= 4 is 17.0 Å². The van der Waals surface area contributed by atoms with E-state index >= 15 is 0 Å². The molecule has 18 heavy (non-hydrogen) atoms. The van der Waals surface area contributed by atoms with Crippen LogP contribution < -0.4 is 11.1 Å². The molecular weight excluding hydrogens is 242 g/mol. The molecule has 0 aliphatic rings. The molecule has 0 amide bonds. The van der Waals surface area contributed by atoms with Gasteiger partial charge in [0, 0.05) is 23.3 Å². The van der Waals surface area contributed by atoms with Crippen LogP contribution in [0.4, 0.5) is 5.69 Å². The Labute approximate surface area is 112 Å². The fourth-order valence-electron chi connectivity index (χ4n) is 1.81. The smallest absolute Gasteiger partial charge is 0.110 e. The lowest BCUT2D eigenvalue weighted by Gasteiger charge is -2.13. The number of benzene rings is 1. The predicted octanol–water partition coefficient (Wildman–Crippen LogP) is 3.19. The van der Waals surface area contributed by atoms with Crippen molar-refractivity contribution < 1.29 is 0 Å². The number of aromatic nitrogens is 1. The van der Waals surface area contributed by atoms with Gasteiger partial charge in [0.05, 0.1) is 6.04 Å². The molecule has 0 saturated carbocycles. The largest absolute Gasteiger partial charge is 0.398 e. The Bertz CT molecular complexity index is 534. The summed E-state index contributed by atoms with van der Waals surface area (Å²) in [5, 5.41) is 6.67. The second-order valence-corrected chi connectivity index (χ2v) is 5.52. The van der Waals surface area contributed by atoms with Crippen molar-refractivity contribution in [3.05, 3.63) is 45.4 Å². The molecule has 0 aliphatic heterocycles. The minimum atomic E-state index is 0.253. The van der Waals surface area contributed by atoms with Crippen LogP contribution in [0.5, 0.6) is 0 Å². The Morgan fingerprint density at radius 2 is 2.17 bits per heavy atom. The SMILES string of the molecule is Cc1ccc(N)c(CNC(C)c2nc(C)cs2)c1. The molecule has 2 rings (SSSR count). The summed E-state index contributed by atoms with van der Waals surface area (Å²) in [6.07, 6.45) is 0. The highest BCUT2D eigenvalue weighted by Gasteiger charge is 2.09. The third-order valence-corrected chi connectivity index (χ3v) is 4.05. The molecule has 4 heteroatoms. The summed E-state index contributed by atoms with van der Waals surface area (Å²) in [4.78, 5) is 4.49. The van der Waals surface area contributed by atoms with Gasteiger partial charge in [0.25, 0.3) is 0 Å². The molecular formula is C14H19N3S. The van der Waals surface area contributed by atoms with Gasteiger partial charge in [0.15, 0.2) is 0 Å². The molecule has 1 unspecified atom stereocenters. The normalized spacial score (nSPS) is 12.6. The molecule has 0 aliphatic carbocycles. The summed E-state index contributed by atoms with van der Waals surface area (Å²) in [6.45, 7) is 7.00. The lowest BCUT2D eigenvalue weighted by Crippen LogP contribution is -2.18. The van der Waals surface area contributed by atoms with Crippen LogP contribution in [-0.2, 0) is 6.54 Å². The van der Waals surface area contributed by atoms with Crippen molar-refractivity contribution in [1.29, 1.82) is 0 Å². The molecule has 1 aromatic carbocycles. The quantitative estimate of drug-likeness (QED) is 0.831. The fraction of sp³-hybridized carbons (Fsp3) is 0.357. The Morgan fingerprint density at radius 3 is 2.83 bits per heavy atom. The zero-order valence-corrected chi connectivity index (χ0v) is 11.8. The summed E-state index contributed by atoms with van der Waals surface area (Å²) < 4.78 is 0. The van der Waals surface area contributed by atoms with E-state index in [-0.39, 0.29) is 6.04 Å². The highest BCUT2D eigenvalue weighted by atomic mass is 32.1. The van der Waals surface area contributed by atoms with E-state index in [1.807, 2.05) is 19.1 Å². The van der Waals surface area contributed by atoms with Gasteiger partial charge in [-0.15, -0.1) is 11.3 Å². The monoisotopic (exact) mass is 261 g/mol. The topological polar surface area (TPSA) is 50.9 Å². The first-order chi connectivity index (χ1) is 8.56. The van der Waals surface area contributed by atoms with E-state index in [1.54, 1.807) is 11.3 Å². The van der Waals surface area contributed by atoms with E-state index in [0.717, 1.165) is 28.5 Å². The zero-order chi connectivity index (χ0) is 13.1. The molecule has 3 nitrogen and oxygen atoms in total. The van der Waals surface area contributed by atoms with E-state index in [2.05, 4.69) is 35.6 Å². The third-order valence-electron chi connectivity index (χ3n) is 2.90. The van der Waals surface area contributed by atoms with Gasteiger partial charge in [-0.3, -0.25) is 0 Å². The second kappa shape index (κ2) is 5.50. The lowest BCUT2D eigenvalue weighted by molar-refractivity contribution is 0.571. The molecule has 0 fully saturated rings. The van der Waals surface area contributed by atoms with E-state index in [0.29, 0.717) is 0 Å². The van der Waals surface area contributed by atoms with Crippen molar-refractivity contribution in [2.24, 2.45) is 0 Å². The molecule has 1 atom stereocenters. The Balaban J connectivity index is 2.01. The first kappa shape index (κ1) is 13.1. The predicted molar refractivity (Wildman–Crippen MR) is 77.7 cm³/mol. The maximum atomic E-state index is 5.97. The van der Waals surface area contributed by atoms with E-state index < -0.39 is 0 Å². The van der Waals surface area contributed by atoms with Crippen molar-refractivity contribution in [1.82, 2.24) is 10.3 Å². The van der Waals surface area contributed by atoms with Gasteiger partial charge in [-0.25, -0.2) is 4.98 Å². The molecule has 0 saturated heterocycles. The number of hydrogen-bond donors (Lipinski definition) is 2. The lowest BCUT2D eigenvalue weighted by atomic mass is 10.1. The van der Waals surface area contributed by atoms with Crippen molar-refractivity contribution in [3.8, 4) is 0 Å². The molecule has 1 aromatic heterocycles. The van der Waals surface area contributed by atoms with Gasteiger partial charge >= 0.3 is 0 Å². The maximum Gasteiger partial charge on any atom is 0.110 e. The minimum absolute atomic E-state index is 0.253. The number of anilines is 1. The average molecular weight is 261 g/mol. The van der Waals surface area contributed by atoms with Gasteiger partial charge in [-0.1, -0.05) is 17.7 Å². The number of rotatable bonds is 4. The van der Waals surface area contributed by atoms with Gasteiger partial charge in [0.2, 0.25) is 0 Å². The number of thiazole rings is 1. The van der Waals surface area contributed by atoms with Crippen molar-refractivity contribution in [3.63, 3.8) is 0 Å². The van der Waals surface area contributed by atoms with Crippen LogP contribution in [0.2, 0.25) is 0 Å². The number of aryl methyl sites for hydroxylation is 2. The van der Waals surface area contributed by atoms with Crippen LogP contribution in [0.25, 0.3) is 0 Å². The molecule has 0 bridgehead atoms.